The van der Waals surface area contributed by atoms with Crippen LogP contribution in [0.25, 0.3) is 0 Å². The quantitative estimate of drug-likeness (QED) is 0.940. The van der Waals surface area contributed by atoms with Gasteiger partial charge in [-0.2, -0.15) is 23.5 Å². The molecule has 1 heterocycles. The van der Waals surface area contributed by atoms with Gasteiger partial charge in [-0.3, -0.25) is 4.68 Å². The van der Waals surface area contributed by atoms with Crippen LogP contribution in [0.15, 0.2) is 24.4 Å². The maximum Gasteiger partial charge on any atom is 0.417 e. The summed E-state index contributed by atoms with van der Waals surface area (Å²) in [6, 6.07) is 5.10. The Kier molecular flexibility index (Phi) is 3.89. The van der Waals surface area contributed by atoms with Gasteiger partial charge >= 0.3 is 6.18 Å². The zero-order valence-electron chi connectivity index (χ0n) is 11.5. The van der Waals surface area contributed by atoms with Gasteiger partial charge in [-0.25, -0.2) is 0 Å². The molecule has 4 nitrogen and oxygen atoms in total. The summed E-state index contributed by atoms with van der Waals surface area (Å²) in [5.41, 5.74) is 0.337. The lowest BCUT2D eigenvalue weighted by atomic mass is 10.1. The van der Waals surface area contributed by atoms with Crippen molar-refractivity contribution < 1.29 is 13.2 Å². The summed E-state index contributed by atoms with van der Waals surface area (Å²) in [7, 11) is 1.74. The number of anilines is 2. The molecule has 0 aliphatic heterocycles. The molecular formula is C14H13F3N4. The predicted molar refractivity (Wildman–Crippen MR) is 72.0 cm³/mol. The highest BCUT2D eigenvalue weighted by atomic mass is 19.4. The Morgan fingerprint density at radius 1 is 1.38 bits per heavy atom. The third kappa shape index (κ3) is 3.16. The van der Waals surface area contributed by atoms with Gasteiger partial charge in [-0.05, 0) is 24.6 Å². The van der Waals surface area contributed by atoms with E-state index in [0.29, 0.717) is 12.1 Å². The topological polar surface area (TPSA) is 53.6 Å². The maximum atomic E-state index is 12.9. The molecule has 2 aromatic rings. The van der Waals surface area contributed by atoms with Crippen molar-refractivity contribution in [1.29, 1.82) is 5.26 Å². The predicted octanol–water partition coefficient (Wildman–Crippen LogP) is 3.62. The molecule has 1 aromatic heterocycles. The Hall–Kier alpha value is -2.49. The fourth-order valence-corrected chi connectivity index (χ4v) is 2.01. The molecule has 0 aliphatic rings. The van der Waals surface area contributed by atoms with E-state index in [9.17, 15) is 13.2 Å². The van der Waals surface area contributed by atoms with E-state index in [-0.39, 0.29) is 5.69 Å². The summed E-state index contributed by atoms with van der Waals surface area (Å²) in [5, 5.41) is 15.9. The highest BCUT2D eigenvalue weighted by Crippen LogP contribution is 2.34. The molecular weight excluding hydrogens is 281 g/mol. The van der Waals surface area contributed by atoms with Gasteiger partial charge in [0.2, 0.25) is 0 Å². The van der Waals surface area contributed by atoms with Crippen molar-refractivity contribution >= 4 is 11.4 Å². The zero-order valence-corrected chi connectivity index (χ0v) is 11.5. The molecule has 0 bridgehead atoms. The zero-order chi connectivity index (χ0) is 15.6. The van der Waals surface area contributed by atoms with Gasteiger partial charge in [0.1, 0.15) is 0 Å². The minimum absolute atomic E-state index is 0.268. The van der Waals surface area contributed by atoms with Gasteiger partial charge in [-0.1, -0.05) is 6.92 Å². The van der Waals surface area contributed by atoms with Crippen molar-refractivity contribution in [2.75, 3.05) is 5.32 Å². The SMILES string of the molecule is CCc1nn(C)cc1Nc1ccc(C#N)c(C(F)(F)F)c1. The number of aromatic nitrogens is 2. The van der Waals surface area contributed by atoms with Crippen LogP contribution in [0.2, 0.25) is 0 Å². The second-order valence-corrected chi connectivity index (χ2v) is 4.51. The van der Waals surface area contributed by atoms with Crippen molar-refractivity contribution in [3.05, 3.63) is 41.2 Å². The summed E-state index contributed by atoms with van der Waals surface area (Å²) in [4.78, 5) is 0. The molecule has 2 rings (SSSR count). The molecule has 0 atom stereocenters. The Bertz CT molecular complexity index is 695. The molecule has 7 heteroatoms. The summed E-state index contributed by atoms with van der Waals surface area (Å²) in [6.45, 7) is 1.91. The van der Waals surface area contributed by atoms with Gasteiger partial charge < -0.3 is 5.32 Å². The van der Waals surface area contributed by atoms with E-state index in [0.717, 1.165) is 17.8 Å². The van der Waals surface area contributed by atoms with Crippen LogP contribution >= 0.6 is 0 Å². The fraction of sp³-hybridized carbons (Fsp3) is 0.286. The number of hydrogen-bond acceptors (Lipinski definition) is 3. The highest BCUT2D eigenvalue weighted by Gasteiger charge is 2.33. The van der Waals surface area contributed by atoms with E-state index < -0.39 is 17.3 Å². The van der Waals surface area contributed by atoms with Crippen LogP contribution in [-0.2, 0) is 19.6 Å². The van der Waals surface area contributed by atoms with Gasteiger partial charge in [-0.15, -0.1) is 0 Å². The van der Waals surface area contributed by atoms with Crippen LogP contribution in [0.5, 0.6) is 0 Å². The molecule has 0 radical (unpaired) electrons. The molecule has 0 spiro atoms. The Labute approximate surface area is 119 Å². The number of nitriles is 1. The fourth-order valence-electron chi connectivity index (χ4n) is 2.01. The van der Waals surface area contributed by atoms with E-state index in [1.165, 1.54) is 6.07 Å². The third-order valence-electron chi connectivity index (χ3n) is 2.96. The number of halogens is 3. The average molecular weight is 294 g/mol. The van der Waals surface area contributed by atoms with Crippen molar-refractivity contribution in [3.8, 4) is 6.07 Å². The molecule has 0 amide bonds. The molecule has 0 saturated carbocycles. The average Bonchev–Trinajstić information content (AvgIpc) is 2.77. The first-order valence-electron chi connectivity index (χ1n) is 6.26. The smallest absolute Gasteiger partial charge is 0.353 e. The first-order valence-corrected chi connectivity index (χ1v) is 6.26. The normalized spacial score (nSPS) is 11.2. The second kappa shape index (κ2) is 5.48. The van der Waals surface area contributed by atoms with E-state index in [2.05, 4.69) is 10.4 Å². The first-order chi connectivity index (χ1) is 9.85. The standard InChI is InChI=1S/C14H13F3N4/c1-3-12-13(8-21(2)20-12)19-10-5-4-9(7-18)11(6-10)14(15,16)17/h4-6,8,19H,3H2,1-2H3. The van der Waals surface area contributed by atoms with Crippen LogP contribution in [-0.4, -0.2) is 9.78 Å². The monoisotopic (exact) mass is 294 g/mol. The summed E-state index contributed by atoms with van der Waals surface area (Å²) >= 11 is 0. The molecule has 0 unspecified atom stereocenters. The van der Waals surface area contributed by atoms with E-state index in [4.69, 9.17) is 5.26 Å². The number of nitrogens with one attached hydrogen (secondary N) is 1. The lowest BCUT2D eigenvalue weighted by molar-refractivity contribution is -0.137. The van der Waals surface area contributed by atoms with Gasteiger partial charge in [0.25, 0.3) is 0 Å². The molecule has 21 heavy (non-hydrogen) atoms. The van der Waals surface area contributed by atoms with Gasteiger partial charge in [0, 0.05) is 18.9 Å². The molecule has 1 N–H and O–H groups in total. The Morgan fingerprint density at radius 3 is 2.67 bits per heavy atom. The van der Waals surface area contributed by atoms with Crippen LogP contribution in [0, 0.1) is 11.3 Å². The van der Waals surface area contributed by atoms with Gasteiger partial charge in [0.15, 0.2) is 0 Å². The van der Waals surface area contributed by atoms with Crippen molar-refractivity contribution in [2.24, 2.45) is 7.05 Å². The van der Waals surface area contributed by atoms with E-state index in [1.807, 2.05) is 6.92 Å². The number of aryl methyl sites for hydroxylation is 2. The summed E-state index contributed by atoms with van der Waals surface area (Å²) < 4.78 is 40.3. The Morgan fingerprint density at radius 2 is 2.10 bits per heavy atom. The van der Waals surface area contributed by atoms with Crippen LogP contribution in [0.4, 0.5) is 24.5 Å². The molecule has 110 valence electrons. The number of hydrogen-bond donors (Lipinski definition) is 1. The lowest BCUT2D eigenvalue weighted by Crippen LogP contribution is -2.08. The minimum atomic E-state index is -4.56. The number of nitrogens with zero attached hydrogens (tertiary/aromatic N) is 3. The van der Waals surface area contributed by atoms with Crippen LogP contribution < -0.4 is 5.32 Å². The Balaban J connectivity index is 2.40. The van der Waals surface area contributed by atoms with Gasteiger partial charge in [0.05, 0.1) is 28.6 Å². The van der Waals surface area contributed by atoms with E-state index >= 15 is 0 Å². The largest absolute Gasteiger partial charge is 0.417 e. The highest BCUT2D eigenvalue weighted by molar-refractivity contribution is 5.63. The third-order valence-corrected chi connectivity index (χ3v) is 2.96. The number of alkyl halides is 3. The second-order valence-electron chi connectivity index (χ2n) is 4.51. The van der Waals surface area contributed by atoms with Crippen LogP contribution in [0.1, 0.15) is 23.7 Å². The van der Waals surface area contributed by atoms with Crippen molar-refractivity contribution in [2.45, 2.75) is 19.5 Å². The maximum absolute atomic E-state index is 12.9. The molecule has 0 saturated heterocycles. The number of benzene rings is 1. The molecule has 0 fully saturated rings. The first kappa shape index (κ1) is 14.9. The van der Waals surface area contributed by atoms with Crippen molar-refractivity contribution in [3.63, 3.8) is 0 Å². The van der Waals surface area contributed by atoms with Crippen molar-refractivity contribution in [1.82, 2.24) is 9.78 Å². The number of rotatable bonds is 3. The minimum Gasteiger partial charge on any atom is -0.353 e. The van der Waals surface area contributed by atoms with Crippen LogP contribution in [0.3, 0.4) is 0 Å². The molecule has 0 aliphatic carbocycles. The molecule has 1 aromatic carbocycles. The summed E-state index contributed by atoms with van der Waals surface area (Å²) in [6.07, 6.45) is -2.21. The van der Waals surface area contributed by atoms with E-state index in [1.54, 1.807) is 24.0 Å². The summed E-state index contributed by atoms with van der Waals surface area (Å²) in [5.74, 6) is 0. The lowest BCUT2D eigenvalue weighted by Gasteiger charge is -2.12.